The van der Waals surface area contributed by atoms with Crippen LogP contribution in [0.4, 0.5) is 11.4 Å². The first-order valence-electron chi connectivity index (χ1n) is 12.6. The van der Waals surface area contributed by atoms with Crippen LogP contribution in [0.5, 0.6) is 11.5 Å². The Morgan fingerprint density at radius 3 is 2.12 bits per heavy atom. The van der Waals surface area contributed by atoms with Gasteiger partial charge in [0.15, 0.2) is 11.5 Å². The number of nitrogens with one attached hydrogen (secondary N) is 2. The molecular formula is C31H28N2O7S. The Morgan fingerprint density at radius 2 is 1.39 bits per heavy atom. The number of aryl methyl sites for hydroxylation is 1. The van der Waals surface area contributed by atoms with Crippen LogP contribution < -0.4 is 19.5 Å². The second kappa shape index (κ2) is 12.1. The van der Waals surface area contributed by atoms with Gasteiger partial charge >= 0.3 is 11.9 Å². The van der Waals surface area contributed by atoms with Crippen molar-refractivity contribution in [2.24, 2.45) is 0 Å². The van der Waals surface area contributed by atoms with Crippen LogP contribution in [0.25, 0.3) is 16.8 Å². The molecule has 0 atom stereocenters. The third-order valence-corrected chi connectivity index (χ3v) is 7.60. The average molecular weight is 573 g/mol. The van der Waals surface area contributed by atoms with Gasteiger partial charge in [-0.25, -0.2) is 8.42 Å². The molecule has 0 spiro atoms. The molecule has 0 aliphatic rings. The molecular weight excluding hydrogens is 544 g/mol. The minimum atomic E-state index is -3.94. The maximum absolute atomic E-state index is 13.4. The molecule has 0 saturated heterocycles. The molecule has 10 heteroatoms. The van der Waals surface area contributed by atoms with Crippen LogP contribution in [-0.2, 0) is 24.4 Å². The molecule has 0 bridgehead atoms. The summed E-state index contributed by atoms with van der Waals surface area (Å²) in [7, 11) is -3.94. The third kappa shape index (κ3) is 6.98. The van der Waals surface area contributed by atoms with E-state index in [1.165, 1.54) is 44.2 Å². The molecule has 210 valence electrons. The van der Waals surface area contributed by atoms with E-state index in [-0.39, 0.29) is 16.4 Å². The molecule has 4 aromatic carbocycles. The molecule has 1 amide bonds. The van der Waals surface area contributed by atoms with E-state index in [1.54, 1.807) is 48.5 Å². The standard InChI is InChI=1S/C31H28N2O7S/c1-19-8-5-11-26(20(19)2)33-41(37,38)30-13-7-9-24-25(30)10-6-12-27(24)32-31(36)17-15-23-14-16-28(39-21(3)34)29(18-23)40-22(4)35/h5-18,33H,1-4H3,(H,32,36)/b17-15+. The number of carbonyl (C=O) groups is 3. The van der Waals surface area contributed by atoms with E-state index in [2.05, 4.69) is 10.0 Å². The summed E-state index contributed by atoms with van der Waals surface area (Å²) in [5.41, 5.74) is 3.22. The van der Waals surface area contributed by atoms with Crippen LogP contribution >= 0.6 is 0 Å². The number of amides is 1. The van der Waals surface area contributed by atoms with Crippen molar-refractivity contribution >= 4 is 56.1 Å². The zero-order chi connectivity index (χ0) is 29.7. The largest absolute Gasteiger partial charge is 0.423 e. The van der Waals surface area contributed by atoms with Crippen LogP contribution in [0.3, 0.4) is 0 Å². The number of benzene rings is 4. The first kappa shape index (κ1) is 29.0. The predicted octanol–water partition coefficient (Wildman–Crippen LogP) is 5.76. The van der Waals surface area contributed by atoms with Gasteiger partial charge in [0.05, 0.1) is 10.6 Å². The summed E-state index contributed by atoms with van der Waals surface area (Å²) in [4.78, 5) is 35.7. The molecule has 9 nitrogen and oxygen atoms in total. The molecule has 4 rings (SSSR count). The molecule has 0 unspecified atom stereocenters. The number of hydrogen-bond donors (Lipinski definition) is 2. The Labute approximate surface area is 237 Å². The Bertz CT molecular complexity index is 1810. The van der Waals surface area contributed by atoms with Gasteiger partial charge < -0.3 is 14.8 Å². The fraction of sp³-hybridized carbons (Fsp3) is 0.129. The van der Waals surface area contributed by atoms with Crippen molar-refractivity contribution in [3.05, 3.63) is 95.6 Å². The van der Waals surface area contributed by atoms with Gasteiger partial charge in [0.25, 0.3) is 10.0 Å². The molecule has 0 heterocycles. The van der Waals surface area contributed by atoms with E-state index < -0.39 is 27.9 Å². The first-order chi connectivity index (χ1) is 19.4. The van der Waals surface area contributed by atoms with Crippen LogP contribution in [0, 0.1) is 13.8 Å². The summed E-state index contributed by atoms with van der Waals surface area (Å²) in [6.45, 7) is 6.20. The van der Waals surface area contributed by atoms with Crippen LogP contribution in [0.2, 0.25) is 0 Å². The number of hydrogen-bond acceptors (Lipinski definition) is 7. The molecule has 0 aliphatic carbocycles. The summed E-state index contributed by atoms with van der Waals surface area (Å²) >= 11 is 0. The Morgan fingerprint density at radius 1 is 0.756 bits per heavy atom. The molecule has 4 aromatic rings. The lowest BCUT2D eigenvalue weighted by Crippen LogP contribution is -2.15. The van der Waals surface area contributed by atoms with Crippen molar-refractivity contribution < 1.29 is 32.3 Å². The molecule has 0 saturated carbocycles. The Kier molecular flexibility index (Phi) is 8.53. The van der Waals surface area contributed by atoms with Gasteiger partial charge in [-0.15, -0.1) is 0 Å². The van der Waals surface area contributed by atoms with Crippen molar-refractivity contribution in [1.29, 1.82) is 0 Å². The van der Waals surface area contributed by atoms with E-state index in [0.29, 0.717) is 27.7 Å². The Balaban J connectivity index is 1.59. The maximum Gasteiger partial charge on any atom is 0.308 e. The van der Waals surface area contributed by atoms with E-state index in [4.69, 9.17) is 9.47 Å². The SMILES string of the molecule is CC(=O)Oc1ccc(/C=C/C(=O)Nc2cccc3c(S(=O)(=O)Nc4cccc(C)c4C)cccc23)cc1OC(C)=O. The molecule has 0 aliphatic heterocycles. The smallest absolute Gasteiger partial charge is 0.308 e. The zero-order valence-electron chi connectivity index (χ0n) is 22.8. The Hall–Kier alpha value is -4.96. The zero-order valence-corrected chi connectivity index (χ0v) is 23.7. The lowest BCUT2D eigenvalue weighted by molar-refractivity contribution is -0.134. The number of fused-ring (bicyclic) bond motifs is 1. The van der Waals surface area contributed by atoms with Gasteiger partial charge in [0.1, 0.15) is 0 Å². The maximum atomic E-state index is 13.4. The van der Waals surface area contributed by atoms with Crippen molar-refractivity contribution in [1.82, 2.24) is 0 Å². The van der Waals surface area contributed by atoms with Gasteiger partial charge in [-0.1, -0.05) is 42.5 Å². The predicted molar refractivity (Wildman–Crippen MR) is 157 cm³/mol. The topological polar surface area (TPSA) is 128 Å². The number of ether oxygens (including phenoxy) is 2. The molecule has 41 heavy (non-hydrogen) atoms. The summed E-state index contributed by atoms with van der Waals surface area (Å²) in [6.07, 6.45) is 2.77. The second-order valence-electron chi connectivity index (χ2n) is 9.23. The third-order valence-electron chi connectivity index (χ3n) is 6.18. The van der Waals surface area contributed by atoms with Crippen molar-refractivity contribution in [2.75, 3.05) is 10.0 Å². The summed E-state index contributed by atoms with van der Waals surface area (Å²) < 4.78 is 39.6. The quantitative estimate of drug-likeness (QED) is 0.156. The van der Waals surface area contributed by atoms with E-state index in [1.807, 2.05) is 19.9 Å². The van der Waals surface area contributed by atoms with Gasteiger partial charge in [-0.2, -0.15) is 0 Å². The number of sulfonamides is 1. The monoisotopic (exact) mass is 572 g/mol. The van der Waals surface area contributed by atoms with Crippen molar-refractivity contribution in [3.8, 4) is 11.5 Å². The van der Waals surface area contributed by atoms with Gasteiger partial charge in [0.2, 0.25) is 5.91 Å². The first-order valence-corrected chi connectivity index (χ1v) is 14.0. The van der Waals surface area contributed by atoms with Crippen LogP contribution in [0.15, 0.2) is 83.8 Å². The summed E-state index contributed by atoms with van der Waals surface area (Å²) in [5, 5.41) is 3.77. The van der Waals surface area contributed by atoms with E-state index in [9.17, 15) is 22.8 Å². The molecule has 0 aromatic heterocycles. The van der Waals surface area contributed by atoms with E-state index in [0.717, 1.165) is 11.1 Å². The highest BCUT2D eigenvalue weighted by Gasteiger charge is 2.20. The fourth-order valence-electron chi connectivity index (χ4n) is 4.13. The molecule has 0 radical (unpaired) electrons. The normalized spacial score (nSPS) is 11.3. The number of esters is 2. The lowest BCUT2D eigenvalue weighted by Gasteiger charge is -2.15. The van der Waals surface area contributed by atoms with Crippen LogP contribution in [0.1, 0.15) is 30.5 Å². The second-order valence-corrected chi connectivity index (χ2v) is 10.9. The van der Waals surface area contributed by atoms with Gasteiger partial charge in [-0.3, -0.25) is 19.1 Å². The highest BCUT2D eigenvalue weighted by atomic mass is 32.2. The van der Waals surface area contributed by atoms with Gasteiger partial charge in [-0.05, 0) is 66.9 Å². The summed E-state index contributed by atoms with van der Waals surface area (Å²) in [5.74, 6) is -1.54. The molecule has 2 N–H and O–H groups in total. The number of anilines is 2. The minimum Gasteiger partial charge on any atom is -0.423 e. The van der Waals surface area contributed by atoms with E-state index >= 15 is 0 Å². The number of rotatable bonds is 8. The fourth-order valence-corrected chi connectivity index (χ4v) is 5.48. The van der Waals surface area contributed by atoms with Crippen molar-refractivity contribution in [3.63, 3.8) is 0 Å². The average Bonchev–Trinajstić information content (AvgIpc) is 2.90. The molecule has 0 fully saturated rings. The highest BCUT2D eigenvalue weighted by molar-refractivity contribution is 7.93. The van der Waals surface area contributed by atoms with Crippen molar-refractivity contribution in [2.45, 2.75) is 32.6 Å². The van der Waals surface area contributed by atoms with Gasteiger partial charge in [0, 0.05) is 36.4 Å². The summed E-state index contributed by atoms with van der Waals surface area (Å²) in [6, 6.07) is 19.8. The minimum absolute atomic E-state index is 0.0347. The number of carbonyl (C=O) groups excluding carboxylic acids is 3. The highest BCUT2D eigenvalue weighted by Crippen LogP contribution is 2.32. The van der Waals surface area contributed by atoms with Crippen LogP contribution in [-0.4, -0.2) is 26.3 Å². The lowest BCUT2D eigenvalue weighted by atomic mass is 10.1.